The van der Waals surface area contributed by atoms with Crippen LogP contribution in [-0.2, 0) is 0 Å². The van der Waals surface area contributed by atoms with Crippen LogP contribution in [0.15, 0.2) is 152 Å². The molecule has 0 atom stereocenters. The van der Waals surface area contributed by atoms with Crippen molar-refractivity contribution in [2.24, 2.45) is 0 Å². The fourth-order valence-electron chi connectivity index (χ4n) is 5.88. The number of rotatable bonds is 4. The van der Waals surface area contributed by atoms with E-state index in [1.165, 1.54) is 32.6 Å². The van der Waals surface area contributed by atoms with Crippen LogP contribution in [0.1, 0.15) is 0 Å². The lowest BCUT2D eigenvalue weighted by Crippen LogP contribution is -1.97. The molecule has 192 valence electrons. The van der Waals surface area contributed by atoms with Gasteiger partial charge < -0.3 is 4.57 Å². The highest BCUT2D eigenvalue weighted by atomic mass is 15.0. The molecule has 0 bridgehead atoms. The molecule has 2 heterocycles. The molecule has 3 nitrogen and oxygen atoms in total. The summed E-state index contributed by atoms with van der Waals surface area (Å²) in [4.78, 5) is 10.1. The summed E-state index contributed by atoms with van der Waals surface area (Å²) in [6.07, 6.45) is 0. The van der Waals surface area contributed by atoms with Crippen LogP contribution >= 0.6 is 0 Å². The zero-order valence-corrected chi connectivity index (χ0v) is 22.3. The minimum atomic E-state index is 0.720. The van der Waals surface area contributed by atoms with E-state index in [2.05, 4.69) is 138 Å². The van der Waals surface area contributed by atoms with Gasteiger partial charge in [0.25, 0.3) is 0 Å². The van der Waals surface area contributed by atoms with Crippen molar-refractivity contribution in [1.29, 1.82) is 0 Å². The summed E-state index contributed by atoms with van der Waals surface area (Å²) in [5.74, 6) is 0.720. The SMILES string of the molecule is c1ccc(-c2nc(-c3ccc(-n4c5ccccc5c5ccccc54)cc3)cc(-c3cccc4ccccc34)n2)cc1. The highest BCUT2D eigenvalue weighted by molar-refractivity contribution is 6.09. The number of fused-ring (bicyclic) bond motifs is 4. The fraction of sp³-hybridized carbons (Fsp3) is 0. The molecular formula is C38H25N3. The third kappa shape index (κ3) is 3.98. The first-order chi connectivity index (χ1) is 20.3. The lowest BCUT2D eigenvalue weighted by atomic mass is 10.0. The average molecular weight is 524 g/mol. The van der Waals surface area contributed by atoms with E-state index in [9.17, 15) is 0 Å². The van der Waals surface area contributed by atoms with Gasteiger partial charge in [0.2, 0.25) is 0 Å². The Labute approximate surface area is 238 Å². The van der Waals surface area contributed by atoms with Gasteiger partial charge in [0.1, 0.15) is 0 Å². The molecule has 0 spiro atoms. The molecule has 0 radical (unpaired) electrons. The standard InChI is InChI=1S/C38H25N3/c1-2-12-28(13-3-1)38-39-34(25-35(40-38)31-18-10-14-26-11-4-5-15-30(26)31)27-21-23-29(24-22-27)41-36-19-8-6-16-32(36)33-17-7-9-20-37(33)41/h1-25H. The van der Waals surface area contributed by atoms with E-state index in [0.29, 0.717) is 0 Å². The van der Waals surface area contributed by atoms with Crippen molar-refractivity contribution in [3.63, 3.8) is 0 Å². The topological polar surface area (TPSA) is 30.7 Å². The van der Waals surface area contributed by atoms with Crippen molar-refractivity contribution < 1.29 is 0 Å². The third-order valence-electron chi connectivity index (χ3n) is 7.83. The molecule has 0 unspecified atom stereocenters. The van der Waals surface area contributed by atoms with Crippen molar-refractivity contribution in [2.45, 2.75) is 0 Å². The Morgan fingerprint density at radius 1 is 0.415 bits per heavy atom. The van der Waals surface area contributed by atoms with E-state index in [-0.39, 0.29) is 0 Å². The second-order valence-electron chi connectivity index (χ2n) is 10.3. The normalized spacial score (nSPS) is 11.4. The Balaban J connectivity index is 1.29. The first-order valence-electron chi connectivity index (χ1n) is 13.9. The molecule has 3 heteroatoms. The first kappa shape index (κ1) is 23.4. The van der Waals surface area contributed by atoms with Gasteiger partial charge in [-0.15, -0.1) is 0 Å². The summed E-state index contributed by atoms with van der Waals surface area (Å²) < 4.78 is 2.34. The van der Waals surface area contributed by atoms with Crippen LogP contribution in [0.3, 0.4) is 0 Å². The van der Waals surface area contributed by atoms with E-state index >= 15 is 0 Å². The minimum Gasteiger partial charge on any atom is -0.309 e. The van der Waals surface area contributed by atoms with E-state index in [4.69, 9.17) is 9.97 Å². The van der Waals surface area contributed by atoms with Crippen LogP contribution < -0.4 is 0 Å². The maximum Gasteiger partial charge on any atom is 0.160 e. The molecule has 0 amide bonds. The molecule has 6 aromatic carbocycles. The van der Waals surface area contributed by atoms with Gasteiger partial charge in [0, 0.05) is 33.2 Å². The zero-order chi connectivity index (χ0) is 27.2. The third-order valence-corrected chi connectivity index (χ3v) is 7.83. The second kappa shape index (κ2) is 9.58. The van der Waals surface area contributed by atoms with E-state index in [1.54, 1.807) is 0 Å². The monoisotopic (exact) mass is 523 g/mol. The van der Waals surface area contributed by atoms with Crippen molar-refractivity contribution in [3.05, 3.63) is 152 Å². The van der Waals surface area contributed by atoms with Gasteiger partial charge in [0.05, 0.1) is 22.4 Å². The summed E-state index contributed by atoms with van der Waals surface area (Å²) >= 11 is 0. The van der Waals surface area contributed by atoms with Gasteiger partial charge in [0.15, 0.2) is 5.82 Å². The van der Waals surface area contributed by atoms with Crippen molar-refractivity contribution in [1.82, 2.24) is 14.5 Å². The number of benzene rings is 6. The smallest absolute Gasteiger partial charge is 0.160 e. The molecule has 8 aromatic rings. The molecule has 0 saturated heterocycles. The number of hydrogen-bond donors (Lipinski definition) is 0. The van der Waals surface area contributed by atoms with E-state index in [0.717, 1.165) is 39.6 Å². The summed E-state index contributed by atoms with van der Waals surface area (Å²) in [6, 6.07) is 53.1. The number of hydrogen-bond acceptors (Lipinski definition) is 2. The van der Waals surface area contributed by atoms with Gasteiger partial charge >= 0.3 is 0 Å². The van der Waals surface area contributed by atoms with Crippen LogP contribution in [0.5, 0.6) is 0 Å². The van der Waals surface area contributed by atoms with Crippen molar-refractivity contribution >= 4 is 32.6 Å². The van der Waals surface area contributed by atoms with Crippen molar-refractivity contribution in [2.75, 3.05) is 0 Å². The molecule has 0 aliphatic rings. The van der Waals surface area contributed by atoms with Crippen LogP contribution in [-0.4, -0.2) is 14.5 Å². The van der Waals surface area contributed by atoms with Crippen LogP contribution in [0.2, 0.25) is 0 Å². The van der Waals surface area contributed by atoms with Crippen LogP contribution in [0.4, 0.5) is 0 Å². The van der Waals surface area contributed by atoms with E-state index in [1.807, 2.05) is 18.2 Å². The molecule has 2 aromatic heterocycles. The Kier molecular flexibility index (Phi) is 5.46. The Bertz CT molecular complexity index is 2130. The molecule has 0 aliphatic heterocycles. The van der Waals surface area contributed by atoms with Gasteiger partial charge in [-0.3, -0.25) is 0 Å². The molecule has 0 aliphatic carbocycles. The summed E-state index contributed by atoms with van der Waals surface area (Å²) in [5.41, 5.74) is 8.49. The Hall–Kier alpha value is -5.54. The Morgan fingerprint density at radius 3 is 1.73 bits per heavy atom. The maximum absolute atomic E-state index is 5.06. The van der Waals surface area contributed by atoms with Crippen molar-refractivity contribution in [3.8, 4) is 39.6 Å². The highest BCUT2D eigenvalue weighted by Crippen LogP contribution is 2.34. The molecule has 41 heavy (non-hydrogen) atoms. The Morgan fingerprint density at radius 2 is 1.00 bits per heavy atom. The molecule has 0 fully saturated rings. The predicted molar refractivity (Wildman–Crippen MR) is 170 cm³/mol. The molecule has 0 saturated carbocycles. The summed E-state index contributed by atoms with van der Waals surface area (Å²) in [5, 5.41) is 4.90. The molecule has 0 N–H and O–H groups in total. The zero-order valence-electron chi connectivity index (χ0n) is 22.3. The molecular weight excluding hydrogens is 498 g/mol. The van der Waals surface area contributed by atoms with Gasteiger partial charge in [-0.05, 0) is 41.1 Å². The summed E-state index contributed by atoms with van der Waals surface area (Å²) in [7, 11) is 0. The lowest BCUT2D eigenvalue weighted by Gasteiger charge is -2.12. The van der Waals surface area contributed by atoms with Gasteiger partial charge in [-0.1, -0.05) is 121 Å². The first-order valence-corrected chi connectivity index (χ1v) is 13.9. The predicted octanol–water partition coefficient (Wildman–Crippen LogP) is 9.73. The largest absolute Gasteiger partial charge is 0.309 e. The quantitative estimate of drug-likeness (QED) is 0.230. The second-order valence-corrected chi connectivity index (χ2v) is 10.3. The van der Waals surface area contributed by atoms with Crippen LogP contribution in [0.25, 0.3) is 72.2 Å². The average Bonchev–Trinajstić information content (AvgIpc) is 3.39. The number of aromatic nitrogens is 3. The molecule has 8 rings (SSSR count). The van der Waals surface area contributed by atoms with Gasteiger partial charge in [-0.2, -0.15) is 0 Å². The highest BCUT2D eigenvalue weighted by Gasteiger charge is 2.14. The van der Waals surface area contributed by atoms with Crippen LogP contribution in [0, 0.1) is 0 Å². The van der Waals surface area contributed by atoms with Gasteiger partial charge in [-0.25, -0.2) is 9.97 Å². The maximum atomic E-state index is 5.06. The lowest BCUT2D eigenvalue weighted by molar-refractivity contribution is 1.17. The van der Waals surface area contributed by atoms with E-state index < -0.39 is 0 Å². The fourth-order valence-corrected chi connectivity index (χ4v) is 5.88. The number of para-hydroxylation sites is 2. The number of nitrogens with zero attached hydrogens (tertiary/aromatic N) is 3. The minimum absolute atomic E-state index is 0.720. The summed E-state index contributed by atoms with van der Waals surface area (Å²) in [6.45, 7) is 0.